The Morgan fingerprint density at radius 1 is 0.864 bits per heavy atom. The van der Waals surface area contributed by atoms with Crippen LogP contribution in [-0.4, -0.2) is 62.3 Å². The molecule has 0 aliphatic rings. The third-order valence-corrected chi connectivity index (χ3v) is 3.79. The van der Waals surface area contributed by atoms with E-state index in [0.29, 0.717) is 12.3 Å². The highest BCUT2D eigenvalue weighted by Crippen LogP contribution is 2.13. The molecule has 0 spiro atoms. The Labute approximate surface area is 132 Å². The Kier molecular flexibility index (Phi) is 11.7. The van der Waals surface area contributed by atoms with Crippen molar-refractivity contribution in [1.82, 2.24) is 0 Å². The monoisotopic (exact) mass is 320 g/mol. The second-order valence-electron chi connectivity index (χ2n) is 6.34. The predicted molar refractivity (Wildman–Crippen MR) is 83.3 cm³/mol. The highest BCUT2D eigenvalue weighted by atomic mass is 16.4. The van der Waals surface area contributed by atoms with Crippen LogP contribution < -0.4 is 0 Å². The van der Waals surface area contributed by atoms with Gasteiger partial charge < -0.3 is 25.5 Å². The molecule has 0 aromatic carbocycles. The average molecular weight is 320 g/mol. The third kappa shape index (κ3) is 8.80. The largest absolute Gasteiger partial charge is 0.394 e. The molecule has 0 fully saturated rings. The number of carbonyl (C=O) groups excluding carboxylic acids is 1. The van der Waals surface area contributed by atoms with Gasteiger partial charge >= 0.3 is 0 Å². The van der Waals surface area contributed by atoms with Gasteiger partial charge in [-0.1, -0.05) is 46.0 Å². The van der Waals surface area contributed by atoms with Gasteiger partial charge in [-0.2, -0.15) is 0 Å². The zero-order chi connectivity index (χ0) is 17.1. The van der Waals surface area contributed by atoms with Crippen LogP contribution in [0.3, 0.4) is 0 Å². The number of rotatable bonds is 13. The highest BCUT2D eigenvalue weighted by molar-refractivity contribution is 5.83. The maximum Gasteiger partial charge on any atom is 0.164 e. The first-order chi connectivity index (χ1) is 10.3. The molecule has 0 aliphatic heterocycles. The molecule has 22 heavy (non-hydrogen) atoms. The van der Waals surface area contributed by atoms with Crippen LogP contribution in [0.5, 0.6) is 0 Å². The average Bonchev–Trinajstić information content (AvgIpc) is 2.50. The molecule has 5 N–H and O–H groups in total. The van der Waals surface area contributed by atoms with E-state index in [4.69, 9.17) is 5.11 Å². The first-order valence-corrected chi connectivity index (χ1v) is 8.17. The lowest BCUT2D eigenvalue weighted by molar-refractivity contribution is -0.147. The van der Waals surface area contributed by atoms with Crippen molar-refractivity contribution in [2.24, 2.45) is 5.92 Å². The molecular formula is C16H32O6. The van der Waals surface area contributed by atoms with Crippen molar-refractivity contribution < 1.29 is 30.3 Å². The molecule has 0 aromatic heterocycles. The number of Topliss-reactive ketones (excluding diaryl/α,β-unsaturated/α-hetero) is 1. The zero-order valence-electron chi connectivity index (χ0n) is 13.7. The van der Waals surface area contributed by atoms with Gasteiger partial charge in [-0.3, -0.25) is 4.79 Å². The quantitative estimate of drug-likeness (QED) is 0.313. The molecule has 132 valence electrons. The van der Waals surface area contributed by atoms with Crippen LogP contribution in [0.25, 0.3) is 0 Å². The minimum atomic E-state index is -1.79. The van der Waals surface area contributed by atoms with E-state index in [9.17, 15) is 25.2 Å². The van der Waals surface area contributed by atoms with E-state index in [2.05, 4.69) is 13.8 Å². The van der Waals surface area contributed by atoms with Gasteiger partial charge in [0.05, 0.1) is 6.61 Å². The van der Waals surface area contributed by atoms with Crippen LogP contribution in [0, 0.1) is 5.92 Å². The first-order valence-electron chi connectivity index (χ1n) is 8.17. The fourth-order valence-corrected chi connectivity index (χ4v) is 2.24. The van der Waals surface area contributed by atoms with Gasteiger partial charge in [-0.05, 0) is 12.3 Å². The second kappa shape index (κ2) is 12.0. The van der Waals surface area contributed by atoms with Crippen molar-refractivity contribution in [3.63, 3.8) is 0 Å². The lowest BCUT2D eigenvalue weighted by Gasteiger charge is -2.24. The molecule has 0 amide bonds. The Hall–Kier alpha value is -0.530. The molecular weight excluding hydrogens is 288 g/mol. The summed E-state index contributed by atoms with van der Waals surface area (Å²) in [5.41, 5.74) is 0. The third-order valence-electron chi connectivity index (χ3n) is 3.79. The number of aliphatic hydroxyl groups is 5. The van der Waals surface area contributed by atoms with E-state index in [1.165, 1.54) is 12.8 Å². The van der Waals surface area contributed by atoms with Gasteiger partial charge in [0.25, 0.3) is 0 Å². The van der Waals surface area contributed by atoms with Gasteiger partial charge in [0.2, 0.25) is 0 Å². The predicted octanol–water partition coefficient (Wildman–Crippen LogP) is 0.378. The Bertz CT molecular complexity index is 294. The minimum absolute atomic E-state index is 0.129. The van der Waals surface area contributed by atoms with Gasteiger partial charge in [0, 0.05) is 6.42 Å². The van der Waals surface area contributed by atoms with Crippen molar-refractivity contribution >= 4 is 5.78 Å². The summed E-state index contributed by atoms with van der Waals surface area (Å²) >= 11 is 0. The number of hydrogen-bond acceptors (Lipinski definition) is 6. The summed E-state index contributed by atoms with van der Waals surface area (Å²) in [7, 11) is 0. The molecule has 0 bridgehead atoms. The van der Waals surface area contributed by atoms with E-state index < -0.39 is 36.8 Å². The Morgan fingerprint density at radius 3 is 1.95 bits per heavy atom. The van der Waals surface area contributed by atoms with Gasteiger partial charge in [0.1, 0.15) is 24.4 Å². The molecule has 4 atom stereocenters. The minimum Gasteiger partial charge on any atom is -0.394 e. The smallest absolute Gasteiger partial charge is 0.164 e. The second-order valence-corrected chi connectivity index (χ2v) is 6.34. The summed E-state index contributed by atoms with van der Waals surface area (Å²) in [6, 6.07) is 0. The lowest BCUT2D eigenvalue weighted by Crippen LogP contribution is -2.48. The summed E-state index contributed by atoms with van der Waals surface area (Å²) in [5.74, 6) is 0.151. The number of aliphatic hydroxyl groups excluding tert-OH is 5. The topological polar surface area (TPSA) is 118 Å². The van der Waals surface area contributed by atoms with Gasteiger partial charge in [0.15, 0.2) is 5.78 Å². The summed E-state index contributed by atoms with van der Waals surface area (Å²) in [6.07, 6.45) is -0.686. The SMILES string of the molecule is CC(C)CCCCCCCC(=O)[C@H](O)[C@@H](O)[C@@H](O)[C@H](O)CO. The van der Waals surface area contributed by atoms with Crippen LogP contribution in [0.15, 0.2) is 0 Å². The standard InChI is InChI=1S/C16H32O6/c1-11(2)8-6-4-3-5-7-9-12(18)14(20)16(22)15(21)13(19)10-17/h11,13-17,19-22H,3-10H2,1-2H3/t13-,14+,15+,16-/m1/s1. The van der Waals surface area contributed by atoms with Crippen molar-refractivity contribution in [2.75, 3.05) is 6.61 Å². The van der Waals surface area contributed by atoms with Crippen LogP contribution in [0.1, 0.15) is 58.8 Å². The maximum atomic E-state index is 11.7. The highest BCUT2D eigenvalue weighted by Gasteiger charge is 2.33. The number of hydrogen-bond donors (Lipinski definition) is 5. The molecule has 0 unspecified atom stereocenters. The normalized spacial score (nSPS) is 17.3. The summed E-state index contributed by atoms with van der Waals surface area (Å²) in [6.45, 7) is 3.62. The number of carbonyl (C=O) groups is 1. The van der Waals surface area contributed by atoms with E-state index >= 15 is 0 Å². The van der Waals surface area contributed by atoms with Crippen LogP contribution in [0.4, 0.5) is 0 Å². The van der Waals surface area contributed by atoms with E-state index in [-0.39, 0.29) is 6.42 Å². The Morgan fingerprint density at radius 2 is 1.41 bits per heavy atom. The van der Waals surface area contributed by atoms with E-state index in [0.717, 1.165) is 19.3 Å². The molecule has 0 saturated carbocycles. The molecule has 0 saturated heterocycles. The fraction of sp³-hybridized carbons (Fsp3) is 0.938. The first kappa shape index (κ1) is 21.5. The van der Waals surface area contributed by atoms with Crippen molar-refractivity contribution in [2.45, 2.75) is 83.2 Å². The maximum absolute atomic E-state index is 11.7. The molecule has 0 aliphatic carbocycles. The fourth-order valence-electron chi connectivity index (χ4n) is 2.24. The number of ketones is 1. The molecule has 0 aromatic rings. The summed E-state index contributed by atoms with van der Waals surface area (Å²) in [4.78, 5) is 11.7. The summed E-state index contributed by atoms with van der Waals surface area (Å²) in [5, 5.41) is 46.5. The van der Waals surface area contributed by atoms with Crippen LogP contribution >= 0.6 is 0 Å². The molecule has 0 heterocycles. The van der Waals surface area contributed by atoms with Crippen molar-refractivity contribution in [1.29, 1.82) is 0 Å². The molecule has 6 heteroatoms. The molecule has 6 nitrogen and oxygen atoms in total. The Balaban J connectivity index is 3.87. The van der Waals surface area contributed by atoms with Crippen molar-refractivity contribution in [3.05, 3.63) is 0 Å². The van der Waals surface area contributed by atoms with Crippen LogP contribution in [-0.2, 0) is 4.79 Å². The molecule has 0 rings (SSSR count). The van der Waals surface area contributed by atoms with Gasteiger partial charge in [-0.25, -0.2) is 0 Å². The van der Waals surface area contributed by atoms with E-state index in [1.54, 1.807) is 0 Å². The number of unbranched alkanes of at least 4 members (excludes halogenated alkanes) is 4. The summed E-state index contributed by atoms with van der Waals surface area (Å²) < 4.78 is 0. The zero-order valence-corrected chi connectivity index (χ0v) is 13.7. The lowest BCUT2D eigenvalue weighted by atomic mass is 9.97. The van der Waals surface area contributed by atoms with Crippen molar-refractivity contribution in [3.8, 4) is 0 Å². The van der Waals surface area contributed by atoms with E-state index in [1.807, 2.05) is 0 Å². The van der Waals surface area contributed by atoms with Crippen LogP contribution in [0.2, 0.25) is 0 Å². The van der Waals surface area contributed by atoms with Gasteiger partial charge in [-0.15, -0.1) is 0 Å². The molecule has 0 radical (unpaired) electrons.